The summed E-state index contributed by atoms with van der Waals surface area (Å²) in [4.78, 5) is 13.4. The molecule has 0 spiro atoms. The number of hydrogen-bond acceptors (Lipinski definition) is 5. The highest BCUT2D eigenvalue weighted by molar-refractivity contribution is 7.87. The van der Waals surface area contributed by atoms with Crippen LogP contribution in [0.5, 0.6) is 5.88 Å². The molecular weight excluding hydrogens is 424 g/mol. The van der Waals surface area contributed by atoms with Crippen molar-refractivity contribution < 1.29 is 17.4 Å². The predicted molar refractivity (Wildman–Crippen MR) is 121 cm³/mol. The minimum Gasteiger partial charge on any atom is -0.361 e. The number of ketones is 1. The normalized spacial score (nSPS) is 11.6. The number of allylic oxidation sites excluding steroid dienone is 2. The third-order valence-electron chi connectivity index (χ3n) is 5.03. The van der Waals surface area contributed by atoms with Crippen LogP contribution >= 0.6 is 11.6 Å². The van der Waals surface area contributed by atoms with Crippen LogP contribution < -0.4 is 4.18 Å². The third-order valence-corrected chi connectivity index (χ3v) is 6.89. The van der Waals surface area contributed by atoms with E-state index in [4.69, 9.17) is 15.8 Å². The Morgan fingerprint density at radius 1 is 1.20 bits per heavy atom. The molecule has 0 radical (unpaired) electrons. The van der Waals surface area contributed by atoms with Gasteiger partial charge in [-0.15, -0.1) is 0 Å². The zero-order valence-electron chi connectivity index (χ0n) is 18.5. The van der Waals surface area contributed by atoms with Crippen LogP contribution in [-0.2, 0) is 16.7 Å². The number of benzene rings is 1. The lowest BCUT2D eigenvalue weighted by Crippen LogP contribution is -2.23. The zero-order chi connectivity index (χ0) is 22.8. The monoisotopic (exact) mass is 452 g/mol. The molecule has 0 aliphatic heterocycles. The molecule has 0 unspecified atom stereocenters. The fourth-order valence-corrected chi connectivity index (χ4v) is 3.91. The molecule has 30 heavy (non-hydrogen) atoms. The first-order valence-electron chi connectivity index (χ1n) is 9.89. The molecule has 0 saturated heterocycles. The minimum absolute atomic E-state index is 0.0506. The van der Waals surface area contributed by atoms with E-state index in [0.29, 0.717) is 23.6 Å². The first-order chi connectivity index (χ1) is 13.9. The first-order valence-corrected chi connectivity index (χ1v) is 11.7. The number of aromatic nitrogens is 2. The summed E-state index contributed by atoms with van der Waals surface area (Å²) < 4.78 is 31.6. The fourth-order valence-electron chi connectivity index (χ4n) is 2.98. The van der Waals surface area contributed by atoms with Gasteiger partial charge in [0.15, 0.2) is 5.78 Å². The Bertz CT molecular complexity index is 1090. The third kappa shape index (κ3) is 4.78. The van der Waals surface area contributed by atoms with Crippen molar-refractivity contribution in [3.05, 3.63) is 51.2 Å². The molecule has 0 aliphatic rings. The van der Waals surface area contributed by atoms with Gasteiger partial charge < -0.3 is 4.18 Å². The number of carbonyl (C=O) groups excluding carboxylic acids is 1. The van der Waals surface area contributed by atoms with E-state index in [2.05, 4.69) is 5.10 Å². The molecule has 0 fully saturated rings. The van der Waals surface area contributed by atoms with Gasteiger partial charge in [-0.3, -0.25) is 4.79 Å². The van der Waals surface area contributed by atoms with Crippen molar-refractivity contribution >= 4 is 33.1 Å². The van der Waals surface area contributed by atoms with Gasteiger partial charge >= 0.3 is 10.1 Å². The Labute approximate surface area is 184 Å². The van der Waals surface area contributed by atoms with E-state index in [1.807, 2.05) is 34.6 Å². The molecule has 0 atom stereocenters. The van der Waals surface area contributed by atoms with Crippen LogP contribution in [0.3, 0.4) is 0 Å². The lowest BCUT2D eigenvalue weighted by Gasteiger charge is -2.16. The van der Waals surface area contributed by atoms with Crippen molar-refractivity contribution in [1.82, 2.24) is 9.78 Å². The summed E-state index contributed by atoms with van der Waals surface area (Å²) in [5.74, 6) is -0.409. The number of rotatable bonds is 8. The molecule has 2 aromatic rings. The number of nitrogens with zero attached hydrogens (tertiary/aromatic N) is 2. The maximum atomic E-state index is 13.4. The average molecular weight is 453 g/mol. The van der Waals surface area contributed by atoms with Gasteiger partial charge in [-0.05, 0) is 76.8 Å². The second-order valence-electron chi connectivity index (χ2n) is 7.76. The van der Waals surface area contributed by atoms with Crippen molar-refractivity contribution in [1.29, 1.82) is 0 Å². The smallest absolute Gasteiger partial charge is 0.313 e. The average Bonchev–Trinajstić information content (AvgIpc) is 3.03. The van der Waals surface area contributed by atoms with Gasteiger partial charge in [0.1, 0.15) is 5.56 Å². The van der Waals surface area contributed by atoms with Crippen LogP contribution in [0.15, 0.2) is 23.9 Å². The van der Waals surface area contributed by atoms with Gasteiger partial charge in [0.25, 0.3) is 0 Å². The molecule has 1 heterocycles. The van der Waals surface area contributed by atoms with Crippen LogP contribution in [-0.4, -0.2) is 29.2 Å². The van der Waals surface area contributed by atoms with Gasteiger partial charge in [-0.1, -0.05) is 24.1 Å². The Balaban J connectivity index is 2.65. The topological polar surface area (TPSA) is 78.3 Å². The molecule has 2 rings (SSSR count). The summed E-state index contributed by atoms with van der Waals surface area (Å²) in [6.07, 6.45) is 2.07. The van der Waals surface area contributed by atoms with Crippen molar-refractivity contribution in [3.63, 3.8) is 0 Å². The molecule has 164 valence electrons. The fraction of sp³-hybridized carbons (Fsp3) is 0.455. The highest BCUT2D eigenvalue weighted by atomic mass is 35.5. The molecular formula is C22H29ClN2O4S. The maximum Gasteiger partial charge on any atom is 0.313 e. The van der Waals surface area contributed by atoms with E-state index >= 15 is 0 Å². The Morgan fingerprint density at radius 2 is 1.83 bits per heavy atom. The predicted octanol–water partition coefficient (Wildman–Crippen LogP) is 5.42. The van der Waals surface area contributed by atoms with Crippen molar-refractivity contribution in [3.8, 4) is 5.88 Å². The molecule has 0 N–H and O–H groups in total. The number of aryl methyl sites for hydroxylation is 1. The molecule has 6 nitrogen and oxygen atoms in total. The Hall–Kier alpha value is -2.12. The Kier molecular flexibility index (Phi) is 7.53. The van der Waals surface area contributed by atoms with Crippen molar-refractivity contribution in [2.24, 2.45) is 0 Å². The van der Waals surface area contributed by atoms with E-state index < -0.39 is 15.4 Å². The summed E-state index contributed by atoms with van der Waals surface area (Å²) in [6.45, 7) is 13.2. The molecule has 0 amide bonds. The molecule has 0 saturated carbocycles. The highest BCUT2D eigenvalue weighted by Gasteiger charge is 2.28. The van der Waals surface area contributed by atoms with E-state index in [0.717, 1.165) is 22.3 Å². The van der Waals surface area contributed by atoms with Gasteiger partial charge in [0, 0.05) is 17.1 Å². The summed E-state index contributed by atoms with van der Waals surface area (Å²) >= 11 is 6.42. The van der Waals surface area contributed by atoms with Crippen LogP contribution in [0.25, 0.3) is 5.57 Å². The van der Waals surface area contributed by atoms with Gasteiger partial charge in [0.05, 0.1) is 11.4 Å². The summed E-state index contributed by atoms with van der Waals surface area (Å²) in [5, 5.41) is 4.00. The highest BCUT2D eigenvalue weighted by Crippen LogP contribution is 2.33. The van der Waals surface area contributed by atoms with Crippen LogP contribution in [0, 0.1) is 6.92 Å². The molecule has 1 aromatic carbocycles. The van der Waals surface area contributed by atoms with Crippen molar-refractivity contribution in [2.45, 2.75) is 66.7 Å². The van der Waals surface area contributed by atoms with Crippen LogP contribution in [0.1, 0.15) is 75.0 Å². The second-order valence-corrected chi connectivity index (χ2v) is 10.3. The first kappa shape index (κ1) is 24.2. The van der Waals surface area contributed by atoms with Crippen LogP contribution in [0.4, 0.5) is 0 Å². The standard InChI is InChI=1S/C22H29ClN2O4S/c1-8-11-25-22(29-30(27,28)14(4)5)18(12-24-25)21(26)17-9-10-19(23)20(16(17)7)15(6)13(2)3/h9-10,12,14H,8,11H2,1-7H3. The molecule has 8 heteroatoms. The number of hydrogen-bond donors (Lipinski definition) is 0. The minimum atomic E-state index is -3.89. The maximum absolute atomic E-state index is 13.4. The Morgan fingerprint density at radius 3 is 2.37 bits per heavy atom. The summed E-state index contributed by atoms with van der Waals surface area (Å²) in [7, 11) is -3.89. The van der Waals surface area contributed by atoms with Gasteiger partial charge in [0.2, 0.25) is 5.88 Å². The van der Waals surface area contributed by atoms with Crippen molar-refractivity contribution in [2.75, 3.05) is 0 Å². The SMILES string of the molecule is CCCn1ncc(C(=O)c2ccc(Cl)c(C(C)=C(C)C)c2C)c1OS(=O)(=O)C(C)C. The molecule has 0 bridgehead atoms. The quantitative estimate of drug-likeness (QED) is 0.395. The molecule has 0 aliphatic carbocycles. The van der Waals surface area contributed by atoms with E-state index in [1.165, 1.54) is 24.7 Å². The van der Waals surface area contributed by atoms with E-state index in [1.54, 1.807) is 12.1 Å². The second kappa shape index (κ2) is 9.35. The summed E-state index contributed by atoms with van der Waals surface area (Å²) in [5.41, 5.74) is 4.16. The summed E-state index contributed by atoms with van der Waals surface area (Å²) in [6, 6.07) is 3.34. The van der Waals surface area contributed by atoms with Gasteiger partial charge in [-0.25, -0.2) is 4.68 Å². The zero-order valence-corrected chi connectivity index (χ0v) is 20.1. The van der Waals surface area contributed by atoms with E-state index in [9.17, 15) is 13.2 Å². The lowest BCUT2D eigenvalue weighted by atomic mass is 9.92. The van der Waals surface area contributed by atoms with Gasteiger partial charge in [-0.2, -0.15) is 13.5 Å². The molecule has 1 aromatic heterocycles. The number of halogens is 1. The number of carbonyl (C=O) groups is 1. The van der Waals surface area contributed by atoms with E-state index in [-0.39, 0.29) is 17.2 Å². The largest absolute Gasteiger partial charge is 0.361 e. The lowest BCUT2D eigenvalue weighted by molar-refractivity contribution is 0.103. The van der Waals surface area contributed by atoms with Crippen LogP contribution in [0.2, 0.25) is 5.02 Å².